The van der Waals surface area contributed by atoms with E-state index in [0.29, 0.717) is 13.1 Å². The number of rotatable bonds is 5. The lowest BCUT2D eigenvalue weighted by Gasteiger charge is -2.19. The number of nitro benzene ring substituents is 2. The van der Waals surface area contributed by atoms with Gasteiger partial charge in [0.1, 0.15) is 5.69 Å². The number of anilines is 1. The lowest BCUT2D eigenvalue weighted by atomic mass is 10.1. The molecule has 1 aromatic rings. The molecular weight excluding hydrogens is 268 g/mol. The number of nitro groups is 2. The summed E-state index contributed by atoms with van der Waals surface area (Å²) in [5, 5.41) is 27.8. The van der Waals surface area contributed by atoms with Crippen molar-refractivity contribution >= 4 is 17.1 Å². The maximum absolute atomic E-state index is 11.0. The minimum absolute atomic E-state index is 0.107. The molecule has 1 saturated heterocycles. The summed E-state index contributed by atoms with van der Waals surface area (Å²) in [5.74, 6) is 0. The quantitative estimate of drug-likeness (QED) is 0.608. The van der Waals surface area contributed by atoms with Crippen LogP contribution < -0.4 is 10.6 Å². The van der Waals surface area contributed by atoms with Crippen LogP contribution in [-0.4, -0.2) is 42.2 Å². The Kier molecular flexibility index (Phi) is 4.11. The highest BCUT2D eigenvalue weighted by atomic mass is 16.6. The van der Waals surface area contributed by atoms with Crippen molar-refractivity contribution in [3.63, 3.8) is 0 Å². The maximum Gasteiger partial charge on any atom is 0.299 e. The molecule has 1 aromatic carbocycles. The second-order valence-electron chi connectivity index (χ2n) is 4.40. The number of hydrogen-bond acceptors (Lipinski definition) is 7. The lowest BCUT2D eigenvalue weighted by molar-refractivity contribution is -0.393. The first-order chi connectivity index (χ1) is 9.52. The van der Waals surface area contributed by atoms with Gasteiger partial charge in [0, 0.05) is 26.3 Å². The molecule has 20 heavy (non-hydrogen) atoms. The van der Waals surface area contributed by atoms with Gasteiger partial charge in [-0.3, -0.25) is 20.2 Å². The molecule has 0 aromatic heterocycles. The van der Waals surface area contributed by atoms with Crippen LogP contribution in [0.5, 0.6) is 0 Å². The van der Waals surface area contributed by atoms with Gasteiger partial charge >= 0.3 is 0 Å². The summed E-state index contributed by atoms with van der Waals surface area (Å²) < 4.78 is 5.26. The van der Waals surface area contributed by atoms with Crippen molar-refractivity contribution < 1.29 is 14.6 Å². The Morgan fingerprint density at radius 2 is 2.05 bits per heavy atom. The fourth-order valence-corrected chi connectivity index (χ4v) is 2.15. The molecule has 0 aliphatic carbocycles. The highest BCUT2D eigenvalue weighted by Crippen LogP contribution is 2.30. The Morgan fingerprint density at radius 1 is 1.30 bits per heavy atom. The van der Waals surface area contributed by atoms with Crippen molar-refractivity contribution in [2.75, 3.05) is 25.5 Å². The molecule has 9 heteroatoms. The van der Waals surface area contributed by atoms with E-state index in [9.17, 15) is 20.2 Å². The SMILES string of the molecule is CO[C@H]1CNCC1Nc1ccc([N+](=O)[O-])cc1[N+](=O)[O-]. The second-order valence-corrected chi connectivity index (χ2v) is 4.40. The number of nitrogens with zero attached hydrogens (tertiary/aromatic N) is 2. The Labute approximate surface area is 114 Å². The molecule has 9 nitrogen and oxygen atoms in total. The summed E-state index contributed by atoms with van der Waals surface area (Å²) in [7, 11) is 1.57. The molecule has 1 unspecified atom stereocenters. The van der Waals surface area contributed by atoms with Gasteiger partial charge in [0.05, 0.1) is 28.1 Å². The molecule has 1 heterocycles. The second kappa shape index (κ2) is 5.80. The molecule has 1 fully saturated rings. The standard InChI is InChI=1S/C11H14N4O5/c1-20-11-6-12-5-9(11)13-8-3-2-7(14(16)17)4-10(8)15(18)19/h2-4,9,11-13H,5-6H2,1H3/t9?,11-/m0/s1. The van der Waals surface area contributed by atoms with Gasteiger partial charge in [-0.05, 0) is 6.07 Å². The van der Waals surface area contributed by atoms with Gasteiger partial charge in [0.15, 0.2) is 0 Å². The Hall–Kier alpha value is -2.26. The summed E-state index contributed by atoms with van der Waals surface area (Å²) in [4.78, 5) is 20.4. The third kappa shape index (κ3) is 2.83. The Balaban J connectivity index is 2.27. The van der Waals surface area contributed by atoms with Gasteiger partial charge in [0.2, 0.25) is 0 Å². The van der Waals surface area contributed by atoms with Crippen molar-refractivity contribution in [3.05, 3.63) is 38.4 Å². The van der Waals surface area contributed by atoms with E-state index in [0.717, 1.165) is 6.07 Å². The largest absolute Gasteiger partial charge is 0.378 e. The molecule has 0 amide bonds. The van der Waals surface area contributed by atoms with Gasteiger partial charge in [-0.1, -0.05) is 0 Å². The van der Waals surface area contributed by atoms with E-state index in [1.54, 1.807) is 7.11 Å². The zero-order chi connectivity index (χ0) is 14.7. The molecule has 2 N–H and O–H groups in total. The number of ether oxygens (including phenoxy) is 1. The number of benzene rings is 1. The number of nitrogens with one attached hydrogen (secondary N) is 2. The van der Waals surface area contributed by atoms with Crippen molar-refractivity contribution in [3.8, 4) is 0 Å². The van der Waals surface area contributed by atoms with E-state index < -0.39 is 9.85 Å². The van der Waals surface area contributed by atoms with Crippen LogP contribution in [0.25, 0.3) is 0 Å². The average Bonchev–Trinajstić information content (AvgIpc) is 2.85. The number of hydrogen-bond donors (Lipinski definition) is 2. The maximum atomic E-state index is 11.0. The van der Waals surface area contributed by atoms with Crippen LogP contribution in [0.1, 0.15) is 0 Å². The first kappa shape index (κ1) is 14.2. The third-order valence-electron chi connectivity index (χ3n) is 3.19. The normalized spacial score (nSPS) is 21.6. The van der Waals surface area contributed by atoms with Crippen LogP contribution in [0, 0.1) is 20.2 Å². The predicted octanol–water partition coefficient (Wildman–Crippen LogP) is 0.902. The molecule has 1 aliphatic rings. The Morgan fingerprint density at radius 3 is 2.65 bits per heavy atom. The monoisotopic (exact) mass is 282 g/mol. The molecule has 108 valence electrons. The molecule has 0 radical (unpaired) electrons. The van der Waals surface area contributed by atoms with E-state index in [-0.39, 0.29) is 29.2 Å². The highest BCUT2D eigenvalue weighted by molar-refractivity contribution is 5.65. The van der Waals surface area contributed by atoms with Crippen molar-refractivity contribution in [1.82, 2.24) is 5.32 Å². The fourth-order valence-electron chi connectivity index (χ4n) is 2.15. The number of methoxy groups -OCH3 is 1. The van der Waals surface area contributed by atoms with Gasteiger partial charge in [0.25, 0.3) is 11.4 Å². The van der Waals surface area contributed by atoms with E-state index >= 15 is 0 Å². The molecule has 0 bridgehead atoms. The van der Waals surface area contributed by atoms with Crippen LogP contribution in [0.2, 0.25) is 0 Å². The van der Waals surface area contributed by atoms with Crippen molar-refractivity contribution in [2.24, 2.45) is 0 Å². The third-order valence-corrected chi connectivity index (χ3v) is 3.19. The Bertz CT molecular complexity index is 536. The highest BCUT2D eigenvalue weighted by Gasteiger charge is 2.29. The van der Waals surface area contributed by atoms with Crippen LogP contribution in [0.3, 0.4) is 0 Å². The van der Waals surface area contributed by atoms with Gasteiger partial charge in [-0.15, -0.1) is 0 Å². The van der Waals surface area contributed by atoms with Crippen LogP contribution in [0.15, 0.2) is 18.2 Å². The zero-order valence-corrected chi connectivity index (χ0v) is 10.7. The van der Waals surface area contributed by atoms with Crippen LogP contribution in [0.4, 0.5) is 17.1 Å². The molecule has 0 saturated carbocycles. The van der Waals surface area contributed by atoms with E-state index in [1.807, 2.05) is 0 Å². The van der Waals surface area contributed by atoms with Crippen molar-refractivity contribution in [2.45, 2.75) is 12.1 Å². The lowest BCUT2D eigenvalue weighted by Crippen LogP contribution is -2.33. The molecular formula is C11H14N4O5. The fraction of sp³-hybridized carbons (Fsp3) is 0.455. The first-order valence-corrected chi connectivity index (χ1v) is 5.96. The minimum atomic E-state index is -0.661. The van der Waals surface area contributed by atoms with E-state index in [1.165, 1.54) is 12.1 Å². The number of non-ortho nitro benzene ring substituents is 1. The summed E-state index contributed by atoms with van der Waals surface area (Å²) in [6, 6.07) is 3.41. The van der Waals surface area contributed by atoms with E-state index in [2.05, 4.69) is 10.6 Å². The van der Waals surface area contributed by atoms with Crippen LogP contribution in [-0.2, 0) is 4.74 Å². The summed E-state index contributed by atoms with van der Waals surface area (Å²) in [5.41, 5.74) is -0.382. The molecule has 2 rings (SSSR count). The summed E-state index contributed by atoms with van der Waals surface area (Å²) in [6.45, 7) is 1.25. The molecule has 0 spiro atoms. The van der Waals surface area contributed by atoms with Gasteiger partial charge < -0.3 is 15.4 Å². The minimum Gasteiger partial charge on any atom is -0.378 e. The first-order valence-electron chi connectivity index (χ1n) is 5.96. The van der Waals surface area contributed by atoms with Crippen molar-refractivity contribution in [1.29, 1.82) is 0 Å². The summed E-state index contributed by atoms with van der Waals surface area (Å²) in [6.07, 6.45) is -0.107. The average molecular weight is 282 g/mol. The zero-order valence-electron chi connectivity index (χ0n) is 10.7. The predicted molar refractivity (Wildman–Crippen MR) is 70.8 cm³/mol. The van der Waals surface area contributed by atoms with E-state index in [4.69, 9.17) is 4.74 Å². The molecule has 1 aliphatic heterocycles. The van der Waals surface area contributed by atoms with Gasteiger partial charge in [-0.2, -0.15) is 0 Å². The topological polar surface area (TPSA) is 120 Å². The summed E-state index contributed by atoms with van der Waals surface area (Å²) >= 11 is 0. The van der Waals surface area contributed by atoms with Gasteiger partial charge in [-0.25, -0.2) is 0 Å². The molecule has 2 atom stereocenters. The van der Waals surface area contributed by atoms with Crippen LogP contribution >= 0.6 is 0 Å². The smallest absolute Gasteiger partial charge is 0.299 e.